The SMILES string of the molecule is C[C@H]1CN(c2ccc3cc(NC4CCC(C(N)=O)CC4)ccc3c2)C[C@H](C)O1. The molecule has 0 aromatic heterocycles. The Labute approximate surface area is 167 Å². The van der Waals surface area contributed by atoms with Crippen LogP contribution in [-0.4, -0.2) is 37.2 Å². The summed E-state index contributed by atoms with van der Waals surface area (Å²) in [7, 11) is 0. The fraction of sp³-hybridized carbons (Fsp3) is 0.522. The van der Waals surface area contributed by atoms with E-state index >= 15 is 0 Å². The van der Waals surface area contributed by atoms with Gasteiger partial charge in [0.15, 0.2) is 0 Å². The van der Waals surface area contributed by atoms with Crippen LogP contribution in [-0.2, 0) is 9.53 Å². The zero-order valence-electron chi connectivity index (χ0n) is 16.9. The molecular formula is C23H31N3O2. The molecule has 1 amide bonds. The van der Waals surface area contributed by atoms with Gasteiger partial charge in [-0.2, -0.15) is 0 Å². The van der Waals surface area contributed by atoms with Crippen molar-refractivity contribution in [2.75, 3.05) is 23.3 Å². The van der Waals surface area contributed by atoms with Gasteiger partial charge in [0, 0.05) is 36.4 Å². The Bertz CT molecular complexity index is 835. The molecule has 2 atom stereocenters. The molecule has 28 heavy (non-hydrogen) atoms. The van der Waals surface area contributed by atoms with E-state index in [0.717, 1.165) is 44.5 Å². The Kier molecular flexibility index (Phi) is 5.44. The number of anilines is 2. The average molecular weight is 382 g/mol. The molecule has 5 nitrogen and oxygen atoms in total. The maximum Gasteiger partial charge on any atom is 0.220 e. The highest BCUT2D eigenvalue weighted by Crippen LogP contribution is 2.30. The van der Waals surface area contributed by atoms with Crippen LogP contribution in [0.25, 0.3) is 10.8 Å². The molecule has 150 valence electrons. The second kappa shape index (κ2) is 8.00. The third-order valence-electron chi connectivity index (χ3n) is 6.11. The maximum atomic E-state index is 11.3. The molecule has 0 bridgehead atoms. The molecule has 3 N–H and O–H groups in total. The number of morpholine rings is 1. The third-order valence-corrected chi connectivity index (χ3v) is 6.11. The van der Waals surface area contributed by atoms with E-state index in [1.807, 2.05) is 0 Å². The van der Waals surface area contributed by atoms with E-state index in [2.05, 4.69) is 60.5 Å². The summed E-state index contributed by atoms with van der Waals surface area (Å²) in [5, 5.41) is 6.14. The monoisotopic (exact) mass is 381 g/mol. The van der Waals surface area contributed by atoms with E-state index in [1.165, 1.54) is 16.5 Å². The van der Waals surface area contributed by atoms with Gasteiger partial charge < -0.3 is 20.7 Å². The number of nitrogens with zero attached hydrogens (tertiary/aromatic N) is 1. The summed E-state index contributed by atoms with van der Waals surface area (Å²) in [6.07, 6.45) is 4.29. The van der Waals surface area contributed by atoms with Crippen molar-refractivity contribution in [1.29, 1.82) is 0 Å². The summed E-state index contributed by atoms with van der Waals surface area (Å²) in [4.78, 5) is 13.8. The lowest BCUT2D eigenvalue weighted by Crippen LogP contribution is -2.45. The second-order valence-electron chi connectivity index (χ2n) is 8.50. The third kappa shape index (κ3) is 4.25. The first kappa shape index (κ1) is 19.1. The molecule has 1 saturated heterocycles. The van der Waals surface area contributed by atoms with Crippen molar-refractivity contribution in [2.45, 2.75) is 57.8 Å². The van der Waals surface area contributed by atoms with E-state index < -0.39 is 0 Å². The molecule has 2 aromatic carbocycles. The minimum atomic E-state index is -0.149. The lowest BCUT2D eigenvalue weighted by molar-refractivity contribution is -0.122. The van der Waals surface area contributed by atoms with Gasteiger partial charge in [-0.15, -0.1) is 0 Å². The van der Waals surface area contributed by atoms with Gasteiger partial charge in [0.05, 0.1) is 12.2 Å². The van der Waals surface area contributed by atoms with Gasteiger partial charge in [-0.05, 0) is 74.6 Å². The van der Waals surface area contributed by atoms with Crippen molar-refractivity contribution in [2.24, 2.45) is 11.7 Å². The first-order chi connectivity index (χ1) is 13.5. The summed E-state index contributed by atoms with van der Waals surface area (Å²) >= 11 is 0. The molecule has 2 fully saturated rings. The molecular weight excluding hydrogens is 350 g/mol. The van der Waals surface area contributed by atoms with E-state index in [9.17, 15) is 4.79 Å². The minimum Gasteiger partial charge on any atom is -0.382 e. The van der Waals surface area contributed by atoms with Gasteiger partial charge in [0.1, 0.15) is 0 Å². The predicted molar refractivity (Wildman–Crippen MR) is 115 cm³/mol. The van der Waals surface area contributed by atoms with Crippen LogP contribution in [0.5, 0.6) is 0 Å². The number of fused-ring (bicyclic) bond motifs is 1. The van der Waals surface area contributed by atoms with Crippen LogP contribution in [0.3, 0.4) is 0 Å². The van der Waals surface area contributed by atoms with Crippen molar-refractivity contribution in [3.63, 3.8) is 0 Å². The highest BCUT2D eigenvalue weighted by molar-refractivity contribution is 5.88. The smallest absolute Gasteiger partial charge is 0.220 e. The Morgan fingerprint density at radius 2 is 1.64 bits per heavy atom. The van der Waals surface area contributed by atoms with Crippen LogP contribution in [0.4, 0.5) is 11.4 Å². The highest BCUT2D eigenvalue weighted by Gasteiger charge is 2.25. The van der Waals surface area contributed by atoms with Gasteiger partial charge in [-0.1, -0.05) is 12.1 Å². The molecule has 0 unspecified atom stereocenters. The molecule has 1 aliphatic heterocycles. The molecule has 5 heteroatoms. The first-order valence-electron chi connectivity index (χ1n) is 10.5. The number of carbonyl (C=O) groups is 1. The molecule has 1 heterocycles. The van der Waals surface area contributed by atoms with Gasteiger partial charge in [0.25, 0.3) is 0 Å². The summed E-state index contributed by atoms with van der Waals surface area (Å²) in [5.41, 5.74) is 7.85. The molecule has 1 saturated carbocycles. The van der Waals surface area contributed by atoms with Gasteiger partial charge in [-0.3, -0.25) is 4.79 Å². The average Bonchev–Trinajstić information content (AvgIpc) is 2.67. The number of rotatable bonds is 4. The largest absolute Gasteiger partial charge is 0.382 e. The Morgan fingerprint density at radius 3 is 2.32 bits per heavy atom. The van der Waals surface area contributed by atoms with Crippen LogP contribution in [0.2, 0.25) is 0 Å². The van der Waals surface area contributed by atoms with Crippen molar-refractivity contribution in [3.8, 4) is 0 Å². The fourth-order valence-electron chi connectivity index (χ4n) is 4.67. The van der Waals surface area contributed by atoms with E-state index in [0.29, 0.717) is 6.04 Å². The molecule has 2 aliphatic rings. The van der Waals surface area contributed by atoms with Crippen LogP contribution in [0.1, 0.15) is 39.5 Å². The number of amides is 1. The van der Waals surface area contributed by atoms with Crippen LogP contribution < -0.4 is 16.0 Å². The van der Waals surface area contributed by atoms with E-state index in [4.69, 9.17) is 10.5 Å². The zero-order chi connectivity index (χ0) is 19.7. The number of ether oxygens (including phenoxy) is 1. The normalized spacial score (nSPS) is 28.3. The number of primary amides is 1. The van der Waals surface area contributed by atoms with Crippen LogP contribution >= 0.6 is 0 Å². The molecule has 0 spiro atoms. The molecule has 1 aliphatic carbocycles. The van der Waals surface area contributed by atoms with E-state index in [-0.39, 0.29) is 24.0 Å². The van der Waals surface area contributed by atoms with Crippen LogP contribution in [0, 0.1) is 5.92 Å². The lowest BCUT2D eigenvalue weighted by Gasteiger charge is -2.37. The molecule has 4 rings (SSSR count). The number of hydrogen-bond acceptors (Lipinski definition) is 4. The van der Waals surface area contributed by atoms with Gasteiger partial charge >= 0.3 is 0 Å². The summed E-state index contributed by atoms with van der Waals surface area (Å²) < 4.78 is 5.86. The van der Waals surface area contributed by atoms with Crippen molar-refractivity contribution >= 4 is 28.1 Å². The zero-order valence-corrected chi connectivity index (χ0v) is 16.9. The number of nitrogens with two attached hydrogens (primary N) is 1. The predicted octanol–water partition coefficient (Wildman–Crippen LogP) is 3.91. The van der Waals surface area contributed by atoms with Crippen molar-refractivity contribution in [3.05, 3.63) is 36.4 Å². The number of carbonyl (C=O) groups excluding carboxylic acids is 1. The number of nitrogens with one attached hydrogen (secondary N) is 1. The second-order valence-corrected chi connectivity index (χ2v) is 8.50. The molecule has 2 aromatic rings. The molecule has 0 radical (unpaired) electrons. The summed E-state index contributed by atoms with van der Waals surface area (Å²) in [6, 6.07) is 13.7. The van der Waals surface area contributed by atoms with Crippen molar-refractivity contribution < 1.29 is 9.53 Å². The van der Waals surface area contributed by atoms with Crippen molar-refractivity contribution in [1.82, 2.24) is 0 Å². The summed E-state index contributed by atoms with van der Waals surface area (Å²) in [6.45, 7) is 6.14. The van der Waals surface area contributed by atoms with Gasteiger partial charge in [0.2, 0.25) is 5.91 Å². The topological polar surface area (TPSA) is 67.6 Å². The Balaban J connectivity index is 1.44. The maximum absolute atomic E-state index is 11.3. The number of hydrogen-bond donors (Lipinski definition) is 2. The first-order valence-corrected chi connectivity index (χ1v) is 10.5. The fourth-order valence-corrected chi connectivity index (χ4v) is 4.67. The van der Waals surface area contributed by atoms with Crippen LogP contribution in [0.15, 0.2) is 36.4 Å². The van der Waals surface area contributed by atoms with E-state index in [1.54, 1.807) is 0 Å². The Hall–Kier alpha value is -2.27. The highest BCUT2D eigenvalue weighted by atomic mass is 16.5. The van der Waals surface area contributed by atoms with Gasteiger partial charge in [-0.25, -0.2) is 0 Å². The quantitative estimate of drug-likeness (QED) is 0.843. The summed E-state index contributed by atoms with van der Waals surface area (Å²) in [5.74, 6) is -0.0947. The Morgan fingerprint density at radius 1 is 1.00 bits per heavy atom. The lowest BCUT2D eigenvalue weighted by atomic mass is 9.85. The minimum absolute atomic E-state index is 0.0544. The standard InChI is InChI=1S/C23H31N3O2/c1-15-13-26(14-16(2)28-15)22-10-6-18-11-21(9-5-19(18)12-22)25-20-7-3-17(4-8-20)23(24)27/h5-6,9-12,15-17,20,25H,3-4,7-8,13-14H2,1-2H3,(H2,24,27)/t15-,16-,17?,20?/m0/s1. The number of benzene rings is 2.